The zero-order valence-corrected chi connectivity index (χ0v) is 13.1. The quantitative estimate of drug-likeness (QED) is 0.729. The summed E-state index contributed by atoms with van der Waals surface area (Å²) >= 11 is 0. The van der Waals surface area contributed by atoms with Gasteiger partial charge in [0.1, 0.15) is 5.78 Å². The van der Waals surface area contributed by atoms with Gasteiger partial charge in [0.2, 0.25) is 0 Å². The molecule has 0 unspecified atom stereocenters. The van der Waals surface area contributed by atoms with Crippen LogP contribution in [0.25, 0.3) is 0 Å². The predicted molar refractivity (Wildman–Crippen MR) is 78.1 cm³/mol. The second-order valence-electron chi connectivity index (χ2n) is 6.81. The predicted octanol–water partition coefficient (Wildman–Crippen LogP) is 3.25. The van der Waals surface area contributed by atoms with Crippen molar-refractivity contribution in [2.24, 2.45) is 23.2 Å². The summed E-state index contributed by atoms with van der Waals surface area (Å²) in [6.07, 6.45) is 6.09. The molecule has 2 aliphatic rings. The molecular formula is C17H25NO3. The number of ketones is 1. The average molecular weight is 291 g/mol. The van der Waals surface area contributed by atoms with Crippen LogP contribution < -0.4 is 0 Å². The monoisotopic (exact) mass is 291 g/mol. The Hall–Kier alpha value is -1.37. The van der Waals surface area contributed by atoms with E-state index >= 15 is 0 Å². The summed E-state index contributed by atoms with van der Waals surface area (Å²) in [5, 5.41) is 8.96. The van der Waals surface area contributed by atoms with Crippen molar-refractivity contribution in [3.63, 3.8) is 0 Å². The first-order chi connectivity index (χ1) is 10.0. The molecular weight excluding hydrogens is 266 g/mol. The molecule has 2 rings (SSSR count). The Morgan fingerprint density at radius 1 is 1.52 bits per heavy atom. The molecule has 2 saturated carbocycles. The number of nitrogens with zero attached hydrogens (tertiary/aromatic N) is 1. The summed E-state index contributed by atoms with van der Waals surface area (Å²) in [6, 6.07) is 2.24. The van der Waals surface area contributed by atoms with Gasteiger partial charge in [-0.05, 0) is 42.9 Å². The molecule has 0 spiro atoms. The van der Waals surface area contributed by atoms with Gasteiger partial charge in [-0.3, -0.25) is 9.59 Å². The van der Waals surface area contributed by atoms with E-state index in [-0.39, 0.29) is 17.3 Å². The van der Waals surface area contributed by atoms with Crippen molar-refractivity contribution in [1.82, 2.24) is 0 Å². The number of carbonyl (C=O) groups is 2. The van der Waals surface area contributed by atoms with Crippen molar-refractivity contribution in [3.05, 3.63) is 0 Å². The second kappa shape index (κ2) is 6.60. The van der Waals surface area contributed by atoms with Gasteiger partial charge in [0.05, 0.1) is 13.2 Å². The lowest BCUT2D eigenvalue weighted by Gasteiger charge is -2.44. The van der Waals surface area contributed by atoms with Crippen LogP contribution in [0.15, 0.2) is 0 Å². The Morgan fingerprint density at radius 2 is 2.29 bits per heavy atom. The highest BCUT2D eigenvalue weighted by molar-refractivity contribution is 5.85. The Kier molecular flexibility index (Phi) is 5.03. The van der Waals surface area contributed by atoms with Gasteiger partial charge in [-0.1, -0.05) is 13.3 Å². The lowest BCUT2D eigenvalue weighted by Crippen LogP contribution is -2.38. The van der Waals surface area contributed by atoms with Crippen molar-refractivity contribution < 1.29 is 14.3 Å². The number of hydrogen-bond acceptors (Lipinski definition) is 4. The topological polar surface area (TPSA) is 67.2 Å². The molecule has 4 heteroatoms. The first-order valence-corrected chi connectivity index (χ1v) is 8.00. The molecule has 0 aromatic carbocycles. The maximum Gasteiger partial charge on any atom is 0.305 e. The third-order valence-electron chi connectivity index (χ3n) is 5.70. The van der Waals surface area contributed by atoms with Crippen LogP contribution in [-0.4, -0.2) is 18.9 Å². The fourth-order valence-corrected chi connectivity index (χ4v) is 4.61. The normalized spacial score (nSPS) is 35.1. The van der Waals surface area contributed by atoms with Gasteiger partial charge >= 0.3 is 5.97 Å². The molecule has 4 nitrogen and oxygen atoms in total. The minimum atomic E-state index is -0.245. The molecule has 0 aromatic rings. The number of hydrogen-bond donors (Lipinski definition) is 0. The summed E-state index contributed by atoms with van der Waals surface area (Å²) in [5.74, 6) is 1.08. The number of nitriles is 1. The number of ether oxygens (including phenoxy) is 1. The first kappa shape index (κ1) is 16.0. The molecule has 2 aliphatic carbocycles. The molecule has 0 bridgehead atoms. The van der Waals surface area contributed by atoms with Crippen LogP contribution in [0, 0.1) is 34.5 Å². The minimum absolute atomic E-state index is 0.0344. The van der Waals surface area contributed by atoms with Crippen LogP contribution >= 0.6 is 0 Å². The Labute approximate surface area is 126 Å². The second-order valence-corrected chi connectivity index (χ2v) is 6.81. The van der Waals surface area contributed by atoms with E-state index in [1.165, 1.54) is 7.11 Å². The summed E-state index contributed by atoms with van der Waals surface area (Å²) < 4.78 is 4.71. The van der Waals surface area contributed by atoms with Crippen LogP contribution in [-0.2, 0) is 14.3 Å². The molecule has 4 atom stereocenters. The van der Waals surface area contributed by atoms with Gasteiger partial charge in [-0.2, -0.15) is 5.26 Å². The van der Waals surface area contributed by atoms with E-state index in [0.29, 0.717) is 43.3 Å². The van der Waals surface area contributed by atoms with E-state index in [4.69, 9.17) is 10.00 Å². The standard InChI is InChI=1S/C17H25NO3/c1-12-6-8-17(7-3-9-18)13(10-12)11-15(19)14(17)4-5-16(20)21-2/h12-14H,3-8,10-11H2,1-2H3/t12-,13-,14-,17-/m0/s1. The Balaban J connectivity index is 2.17. The maximum absolute atomic E-state index is 12.5. The lowest BCUT2D eigenvalue weighted by molar-refractivity contribution is -0.141. The van der Waals surface area contributed by atoms with Gasteiger partial charge < -0.3 is 4.74 Å². The fourth-order valence-electron chi connectivity index (χ4n) is 4.61. The lowest BCUT2D eigenvalue weighted by atomic mass is 9.59. The van der Waals surface area contributed by atoms with Crippen LogP contribution in [0.5, 0.6) is 0 Å². The van der Waals surface area contributed by atoms with Gasteiger partial charge in [-0.25, -0.2) is 0 Å². The number of methoxy groups -OCH3 is 1. The van der Waals surface area contributed by atoms with Gasteiger partial charge in [0, 0.05) is 25.2 Å². The van der Waals surface area contributed by atoms with Crippen molar-refractivity contribution in [2.75, 3.05) is 7.11 Å². The first-order valence-electron chi connectivity index (χ1n) is 8.00. The van der Waals surface area contributed by atoms with Gasteiger partial charge in [-0.15, -0.1) is 0 Å². The van der Waals surface area contributed by atoms with E-state index < -0.39 is 0 Å². The molecule has 21 heavy (non-hydrogen) atoms. The zero-order chi connectivity index (χ0) is 15.5. The van der Waals surface area contributed by atoms with Crippen molar-refractivity contribution in [2.45, 2.75) is 58.3 Å². The highest BCUT2D eigenvalue weighted by atomic mass is 16.5. The van der Waals surface area contributed by atoms with Gasteiger partial charge in [0.15, 0.2) is 0 Å². The smallest absolute Gasteiger partial charge is 0.305 e. The summed E-state index contributed by atoms with van der Waals surface area (Å²) in [6.45, 7) is 2.25. The van der Waals surface area contributed by atoms with Crippen LogP contribution in [0.3, 0.4) is 0 Å². The molecule has 0 amide bonds. The van der Waals surface area contributed by atoms with Crippen LogP contribution in [0.4, 0.5) is 0 Å². The minimum Gasteiger partial charge on any atom is -0.469 e. The number of carbonyl (C=O) groups excluding carboxylic acids is 2. The molecule has 0 N–H and O–H groups in total. The summed E-state index contributed by atoms with van der Waals surface area (Å²) in [5.41, 5.74) is -0.0344. The highest BCUT2D eigenvalue weighted by Crippen LogP contribution is 2.59. The van der Waals surface area contributed by atoms with E-state index in [9.17, 15) is 9.59 Å². The van der Waals surface area contributed by atoms with Crippen LogP contribution in [0.1, 0.15) is 58.3 Å². The third-order valence-corrected chi connectivity index (χ3v) is 5.70. The van der Waals surface area contributed by atoms with E-state index in [0.717, 1.165) is 25.7 Å². The molecule has 0 aromatic heterocycles. The fraction of sp³-hybridized carbons (Fsp3) is 0.824. The largest absolute Gasteiger partial charge is 0.469 e. The number of fused-ring (bicyclic) bond motifs is 1. The molecule has 0 radical (unpaired) electrons. The molecule has 0 heterocycles. The summed E-state index contributed by atoms with van der Waals surface area (Å²) in [7, 11) is 1.38. The average Bonchev–Trinajstić information content (AvgIpc) is 2.74. The molecule has 0 aliphatic heterocycles. The molecule has 0 saturated heterocycles. The third kappa shape index (κ3) is 3.12. The number of esters is 1. The van der Waals surface area contributed by atoms with E-state index in [1.54, 1.807) is 0 Å². The Bertz CT molecular complexity index is 453. The van der Waals surface area contributed by atoms with Crippen molar-refractivity contribution >= 4 is 11.8 Å². The highest BCUT2D eigenvalue weighted by Gasteiger charge is 2.55. The molecule has 2 fully saturated rings. The van der Waals surface area contributed by atoms with Crippen LogP contribution in [0.2, 0.25) is 0 Å². The maximum atomic E-state index is 12.5. The number of Topliss-reactive ketones (excluding diaryl/α,β-unsaturated/α-hetero) is 1. The van der Waals surface area contributed by atoms with Crippen molar-refractivity contribution in [1.29, 1.82) is 5.26 Å². The van der Waals surface area contributed by atoms with E-state index in [1.807, 2.05) is 0 Å². The Morgan fingerprint density at radius 3 is 2.95 bits per heavy atom. The van der Waals surface area contributed by atoms with Crippen molar-refractivity contribution in [3.8, 4) is 6.07 Å². The summed E-state index contributed by atoms with van der Waals surface area (Å²) in [4.78, 5) is 23.9. The van der Waals surface area contributed by atoms with E-state index in [2.05, 4.69) is 13.0 Å². The number of rotatable bonds is 5. The van der Waals surface area contributed by atoms with Gasteiger partial charge in [0.25, 0.3) is 0 Å². The SMILES string of the molecule is COC(=O)CC[C@H]1C(=O)C[C@@H]2C[C@@H](C)CC[C@@]21CCC#N. The molecule has 116 valence electrons. The zero-order valence-electron chi connectivity index (χ0n) is 13.1.